The molecular weight excluding hydrogens is 293 g/mol. The van der Waals surface area contributed by atoms with Crippen molar-refractivity contribution in [2.45, 2.75) is 17.3 Å². The molecule has 0 unspecified atom stereocenters. The summed E-state index contributed by atoms with van der Waals surface area (Å²) in [7, 11) is 0. The van der Waals surface area contributed by atoms with Gasteiger partial charge >= 0.3 is 5.51 Å². The highest BCUT2D eigenvalue weighted by atomic mass is 32.2. The predicted octanol–water partition coefficient (Wildman–Crippen LogP) is 3.85. The Bertz CT molecular complexity index is 608. The van der Waals surface area contributed by atoms with E-state index in [1.165, 1.54) is 30.3 Å². The SMILES string of the molecule is Cc1cc(NC(=O)c2ccc(SC(F)(F)F)cc2)no1. The summed E-state index contributed by atoms with van der Waals surface area (Å²) in [6, 6.07) is 6.64. The van der Waals surface area contributed by atoms with E-state index in [-0.39, 0.29) is 28.0 Å². The molecule has 1 N–H and O–H groups in total. The number of alkyl halides is 3. The van der Waals surface area contributed by atoms with Crippen LogP contribution in [0.5, 0.6) is 0 Å². The lowest BCUT2D eigenvalue weighted by Crippen LogP contribution is -2.11. The van der Waals surface area contributed by atoms with Crippen LogP contribution in [0.1, 0.15) is 16.1 Å². The number of hydrogen-bond acceptors (Lipinski definition) is 4. The van der Waals surface area contributed by atoms with Gasteiger partial charge in [-0.25, -0.2) is 0 Å². The molecule has 0 aliphatic rings. The number of aryl methyl sites for hydroxylation is 1. The molecule has 1 heterocycles. The molecule has 4 nitrogen and oxygen atoms in total. The first-order chi connectivity index (χ1) is 9.33. The number of aromatic nitrogens is 1. The van der Waals surface area contributed by atoms with Crippen molar-refractivity contribution < 1.29 is 22.5 Å². The normalized spacial score (nSPS) is 11.4. The number of nitrogens with zero attached hydrogens (tertiary/aromatic N) is 1. The summed E-state index contributed by atoms with van der Waals surface area (Å²) >= 11 is -0.231. The molecule has 0 saturated heterocycles. The fourth-order valence-electron chi connectivity index (χ4n) is 1.42. The van der Waals surface area contributed by atoms with Gasteiger partial charge in [0.25, 0.3) is 5.91 Å². The van der Waals surface area contributed by atoms with Gasteiger partial charge in [0.05, 0.1) is 0 Å². The Labute approximate surface area is 116 Å². The first kappa shape index (κ1) is 14.4. The van der Waals surface area contributed by atoms with Crippen molar-refractivity contribution in [3.05, 3.63) is 41.7 Å². The molecule has 1 aromatic heterocycles. The maximum absolute atomic E-state index is 12.2. The monoisotopic (exact) mass is 302 g/mol. The Hall–Kier alpha value is -1.96. The van der Waals surface area contributed by atoms with Crippen LogP contribution >= 0.6 is 11.8 Å². The van der Waals surface area contributed by atoms with Crippen molar-refractivity contribution in [3.63, 3.8) is 0 Å². The molecule has 1 aromatic carbocycles. The van der Waals surface area contributed by atoms with Gasteiger partial charge in [0, 0.05) is 16.5 Å². The average Bonchev–Trinajstić information content (AvgIpc) is 2.73. The Balaban J connectivity index is 2.04. The second-order valence-electron chi connectivity index (χ2n) is 3.85. The van der Waals surface area contributed by atoms with Gasteiger partial charge in [0.2, 0.25) is 0 Å². The van der Waals surface area contributed by atoms with Crippen LogP contribution in [0.25, 0.3) is 0 Å². The molecule has 0 spiro atoms. The van der Waals surface area contributed by atoms with Crippen molar-refractivity contribution in [1.82, 2.24) is 5.16 Å². The summed E-state index contributed by atoms with van der Waals surface area (Å²) in [4.78, 5) is 11.8. The maximum atomic E-state index is 12.2. The Kier molecular flexibility index (Phi) is 4.03. The largest absolute Gasteiger partial charge is 0.446 e. The van der Waals surface area contributed by atoms with Crippen LogP contribution in [0.2, 0.25) is 0 Å². The fourth-order valence-corrected chi connectivity index (χ4v) is 1.96. The summed E-state index contributed by atoms with van der Waals surface area (Å²) in [6.07, 6.45) is 0. The number of hydrogen-bond donors (Lipinski definition) is 1. The predicted molar refractivity (Wildman–Crippen MR) is 67.5 cm³/mol. The summed E-state index contributed by atoms with van der Waals surface area (Å²) < 4.78 is 41.2. The van der Waals surface area contributed by atoms with Crippen LogP contribution in [-0.4, -0.2) is 16.6 Å². The molecule has 0 atom stereocenters. The maximum Gasteiger partial charge on any atom is 0.446 e. The van der Waals surface area contributed by atoms with Gasteiger partial charge in [-0.15, -0.1) is 0 Å². The topological polar surface area (TPSA) is 55.1 Å². The minimum absolute atomic E-state index is 0.0198. The number of nitrogens with one attached hydrogen (secondary N) is 1. The van der Waals surface area contributed by atoms with Gasteiger partial charge in [-0.05, 0) is 43.0 Å². The van der Waals surface area contributed by atoms with Gasteiger partial charge in [-0.3, -0.25) is 4.79 Å². The summed E-state index contributed by atoms with van der Waals surface area (Å²) in [5, 5.41) is 6.06. The molecule has 0 fully saturated rings. The van der Waals surface area contributed by atoms with Crippen LogP contribution in [0, 0.1) is 6.92 Å². The van der Waals surface area contributed by atoms with Gasteiger partial charge in [0.15, 0.2) is 5.82 Å². The zero-order chi connectivity index (χ0) is 14.8. The van der Waals surface area contributed by atoms with Crippen LogP contribution in [0.4, 0.5) is 19.0 Å². The molecule has 1 amide bonds. The minimum Gasteiger partial charge on any atom is -0.360 e. The number of benzene rings is 1. The van der Waals surface area contributed by atoms with Crippen molar-refractivity contribution in [2.75, 3.05) is 5.32 Å². The Morgan fingerprint density at radius 2 is 1.95 bits per heavy atom. The number of carbonyl (C=O) groups excluding carboxylic acids is 1. The average molecular weight is 302 g/mol. The highest BCUT2D eigenvalue weighted by molar-refractivity contribution is 8.00. The van der Waals surface area contributed by atoms with Crippen molar-refractivity contribution >= 4 is 23.5 Å². The third kappa shape index (κ3) is 4.02. The van der Waals surface area contributed by atoms with E-state index in [2.05, 4.69) is 10.5 Å². The molecule has 0 bridgehead atoms. The molecule has 0 saturated carbocycles. The number of rotatable bonds is 3. The van der Waals surface area contributed by atoms with Crippen molar-refractivity contribution in [3.8, 4) is 0 Å². The van der Waals surface area contributed by atoms with E-state index in [9.17, 15) is 18.0 Å². The van der Waals surface area contributed by atoms with E-state index < -0.39 is 11.4 Å². The van der Waals surface area contributed by atoms with Gasteiger partial charge < -0.3 is 9.84 Å². The van der Waals surface area contributed by atoms with Crippen molar-refractivity contribution in [2.24, 2.45) is 0 Å². The van der Waals surface area contributed by atoms with Gasteiger partial charge in [-0.1, -0.05) is 5.16 Å². The lowest BCUT2D eigenvalue weighted by Gasteiger charge is -2.06. The van der Waals surface area contributed by atoms with E-state index in [0.29, 0.717) is 5.76 Å². The molecule has 0 aliphatic heterocycles. The van der Waals surface area contributed by atoms with Gasteiger partial charge in [-0.2, -0.15) is 13.2 Å². The van der Waals surface area contributed by atoms with E-state index in [4.69, 9.17) is 4.52 Å². The van der Waals surface area contributed by atoms with Crippen LogP contribution < -0.4 is 5.32 Å². The number of amides is 1. The second kappa shape index (κ2) is 5.58. The van der Waals surface area contributed by atoms with Crippen LogP contribution in [0.15, 0.2) is 39.8 Å². The third-order valence-electron chi connectivity index (χ3n) is 2.22. The Morgan fingerprint density at radius 3 is 2.45 bits per heavy atom. The van der Waals surface area contributed by atoms with Crippen LogP contribution in [0.3, 0.4) is 0 Å². The van der Waals surface area contributed by atoms with E-state index >= 15 is 0 Å². The number of carbonyl (C=O) groups is 1. The van der Waals surface area contributed by atoms with E-state index in [1.807, 2.05) is 0 Å². The molecule has 20 heavy (non-hydrogen) atoms. The lowest BCUT2D eigenvalue weighted by atomic mass is 10.2. The minimum atomic E-state index is -4.35. The highest BCUT2D eigenvalue weighted by Crippen LogP contribution is 2.36. The van der Waals surface area contributed by atoms with Gasteiger partial charge in [0.1, 0.15) is 5.76 Å². The smallest absolute Gasteiger partial charge is 0.360 e. The number of thioether (sulfide) groups is 1. The first-order valence-electron chi connectivity index (χ1n) is 5.44. The summed E-state index contributed by atoms with van der Waals surface area (Å²) in [5.74, 6) is 0.320. The molecule has 2 aromatic rings. The second-order valence-corrected chi connectivity index (χ2v) is 4.99. The number of anilines is 1. The first-order valence-corrected chi connectivity index (χ1v) is 6.25. The summed E-state index contributed by atoms with van der Waals surface area (Å²) in [5.41, 5.74) is -4.11. The third-order valence-corrected chi connectivity index (χ3v) is 2.96. The van der Waals surface area contributed by atoms with E-state index in [1.54, 1.807) is 6.92 Å². The van der Waals surface area contributed by atoms with Crippen molar-refractivity contribution in [1.29, 1.82) is 0 Å². The lowest BCUT2D eigenvalue weighted by molar-refractivity contribution is -0.0328. The number of halogens is 3. The molecule has 0 radical (unpaired) electrons. The quantitative estimate of drug-likeness (QED) is 0.875. The molecule has 106 valence electrons. The Morgan fingerprint density at radius 1 is 1.30 bits per heavy atom. The fraction of sp³-hybridized carbons (Fsp3) is 0.167. The molecule has 2 rings (SSSR count). The molecule has 8 heteroatoms. The molecule has 0 aliphatic carbocycles. The van der Waals surface area contributed by atoms with E-state index in [0.717, 1.165) is 0 Å². The zero-order valence-corrected chi connectivity index (χ0v) is 11.0. The van der Waals surface area contributed by atoms with Crippen LogP contribution in [-0.2, 0) is 0 Å². The molecular formula is C12H9F3N2O2S. The zero-order valence-electron chi connectivity index (χ0n) is 10.2. The highest BCUT2D eigenvalue weighted by Gasteiger charge is 2.29. The summed E-state index contributed by atoms with van der Waals surface area (Å²) in [6.45, 7) is 1.67. The standard InChI is InChI=1S/C12H9F3N2O2S/c1-7-6-10(17-19-7)16-11(18)8-2-4-9(5-3-8)20-12(13,14)15/h2-6H,1H3,(H,16,17,18).